The molecule has 20 heavy (non-hydrogen) atoms. The van der Waals surface area contributed by atoms with E-state index in [4.69, 9.17) is 10.5 Å². The van der Waals surface area contributed by atoms with Crippen LogP contribution < -0.4 is 16.2 Å². The van der Waals surface area contributed by atoms with Crippen LogP contribution in [-0.2, 0) is 11.8 Å². The lowest BCUT2D eigenvalue weighted by atomic mass is 9.73. The molecule has 1 aromatic rings. The maximum absolute atomic E-state index is 12.1. The van der Waals surface area contributed by atoms with E-state index in [2.05, 4.69) is 16.1 Å². The predicted octanol–water partition coefficient (Wildman–Crippen LogP) is -0.0869. The van der Waals surface area contributed by atoms with Crippen molar-refractivity contribution in [2.24, 2.45) is 18.2 Å². The third kappa shape index (κ3) is 2.03. The molecule has 6 heteroatoms. The zero-order valence-electron chi connectivity index (χ0n) is 12.0. The van der Waals surface area contributed by atoms with E-state index in [0.29, 0.717) is 5.82 Å². The summed E-state index contributed by atoms with van der Waals surface area (Å²) in [5.41, 5.74) is 6.27. The number of nitrogens with two attached hydrogens (primary N) is 1. The zero-order chi connectivity index (χ0) is 14.3. The Bertz CT molecular complexity index is 548. The highest BCUT2D eigenvalue weighted by Gasteiger charge is 2.47. The molecule has 0 aromatic carbocycles. The minimum Gasteiger partial charge on any atom is -0.376 e. The van der Waals surface area contributed by atoms with Crippen LogP contribution in [0.2, 0.25) is 0 Å². The average molecular weight is 277 g/mol. The third-order valence-corrected chi connectivity index (χ3v) is 4.84. The topological polar surface area (TPSA) is 73.4 Å². The molecule has 2 fully saturated rings. The average Bonchev–Trinajstić information content (AvgIpc) is 2.72. The maximum atomic E-state index is 12.1. The summed E-state index contributed by atoms with van der Waals surface area (Å²) in [6.45, 7) is 4.37. The van der Waals surface area contributed by atoms with Crippen molar-refractivity contribution < 1.29 is 4.74 Å². The summed E-state index contributed by atoms with van der Waals surface area (Å²) in [7, 11) is 1.70. The molecule has 2 aliphatic heterocycles. The molecular formula is C14H21N4O2. The van der Waals surface area contributed by atoms with Gasteiger partial charge in [-0.2, -0.15) is 0 Å². The molecule has 2 atom stereocenters. The Labute approximate surface area is 118 Å². The van der Waals surface area contributed by atoms with E-state index in [0.717, 1.165) is 32.5 Å². The summed E-state index contributed by atoms with van der Waals surface area (Å²) in [6.07, 6.45) is 6.33. The van der Waals surface area contributed by atoms with Gasteiger partial charge in [-0.15, -0.1) is 0 Å². The van der Waals surface area contributed by atoms with E-state index >= 15 is 0 Å². The Hall–Kier alpha value is -1.40. The number of rotatable bonds is 1. The Morgan fingerprint density at radius 3 is 2.80 bits per heavy atom. The van der Waals surface area contributed by atoms with Crippen LogP contribution in [0.3, 0.4) is 0 Å². The molecule has 1 spiro atoms. The molecule has 0 amide bonds. The first-order chi connectivity index (χ1) is 9.53. The van der Waals surface area contributed by atoms with Gasteiger partial charge in [0.1, 0.15) is 0 Å². The standard InChI is InChI=1S/C14H21N4O2/c1-10-11(15)14(9-20-10)3-6-18(7-4-14)12-13(19)17(2)8-5-16-12/h5,10-11H,3-4,6-7,9,15H2,1-2H3/t10-,11+/m0/s1. The molecule has 0 saturated carbocycles. The van der Waals surface area contributed by atoms with E-state index in [-0.39, 0.29) is 23.1 Å². The number of piperidine rings is 1. The van der Waals surface area contributed by atoms with Gasteiger partial charge in [0, 0.05) is 31.6 Å². The molecule has 2 aliphatic rings. The molecule has 2 saturated heterocycles. The Kier molecular flexibility index (Phi) is 3.30. The van der Waals surface area contributed by atoms with Crippen LogP contribution in [0.25, 0.3) is 0 Å². The first-order valence-corrected chi connectivity index (χ1v) is 7.09. The molecule has 6 nitrogen and oxygen atoms in total. The van der Waals surface area contributed by atoms with Gasteiger partial charge in [-0.1, -0.05) is 0 Å². The van der Waals surface area contributed by atoms with E-state index < -0.39 is 0 Å². The second-order valence-corrected chi connectivity index (χ2v) is 5.97. The summed E-state index contributed by atoms with van der Waals surface area (Å²) in [5, 5.41) is 0. The fourth-order valence-electron chi connectivity index (χ4n) is 3.29. The van der Waals surface area contributed by atoms with Gasteiger partial charge in [-0.05, 0) is 19.8 Å². The smallest absolute Gasteiger partial charge is 0.293 e. The van der Waals surface area contributed by atoms with Gasteiger partial charge in [-0.3, -0.25) is 4.79 Å². The first-order valence-electron chi connectivity index (χ1n) is 7.09. The van der Waals surface area contributed by atoms with Gasteiger partial charge in [0.15, 0.2) is 5.82 Å². The molecule has 2 N–H and O–H groups in total. The van der Waals surface area contributed by atoms with Crippen LogP contribution in [0.5, 0.6) is 0 Å². The molecule has 0 bridgehead atoms. The van der Waals surface area contributed by atoms with Crippen molar-refractivity contribution in [2.45, 2.75) is 31.9 Å². The van der Waals surface area contributed by atoms with Gasteiger partial charge in [0.25, 0.3) is 5.56 Å². The molecule has 1 aromatic heterocycles. The molecule has 1 radical (unpaired) electrons. The highest BCUT2D eigenvalue weighted by Crippen LogP contribution is 2.41. The van der Waals surface area contributed by atoms with Gasteiger partial charge < -0.3 is 19.9 Å². The summed E-state index contributed by atoms with van der Waals surface area (Å²) in [6, 6.07) is 0.0875. The second kappa shape index (κ2) is 4.86. The van der Waals surface area contributed by atoms with E-state index in [1.165, 1.54) is 4.57 Å². The third-order valence-electron chi connectivity index (χ3n) is 4.84. The number of nitrogens with zero attached hydrogens (tertiary/aromatic N) is 3. The number of hydrogen-bond acceptors (Lipinski definition) is 5. The lowest BCUT2D eigenvalue weighted by Gasteiger charge is -2.41. The zero-order valence-corrected chi connectivity index (χ0v) is 12.0. The Balaban J connectivity index is 1.76. The Morgan fingerprint density at radius 2 is 2.20 bits per heavy atom. The minimum absolute atomic E-state index is 0.0715. The normalized spacial score (nSPS) is 29.1. The number of aromatic nitrogens is 2. The number of aryl methyl sites for hydroxylation is 1. The molecule has 0 unspecified atom stereocenters. The van der Waals surface area contributed by atoms with Crippen molar-refractivity contribution in [2.75, 3.05) is 24.6 Å². The van der Waals surface area contributed by atoms with Crippen molar-refractivity contribution in [1.29, 1.82) is 0 Å². The van der Waals surface area contributed by atoms with E-state index in [1.807, 2.05) is 6.92 Å². The monoisotopic (exact) mass is 277 g/mol. The molecule has 3 heterocycles. The number of hydrogen-bond donors (Lipinski definition) is 1. The number of anilines is 1. The highest BCUT2D eigenvalue weighted by molar-refractivity contribution is 5.36. The summed E-state index contributed by atoms with van der Waals surface area (Å²) in [4.78, 5) is 18.3. The van der Waals surface area contributed by atoms with E-state index in [9.17, 15) is 4.79 Å². The van der Waals surface area contributed by atoms with Crippen LogP contribution in [0.4, 0.5) is 5.82 Å². The fourth-order valence-corrected chi connectivity index (χ4v) is 3.29. The van der Waals surface area contributed by atoms with Crippen molar-refractivity contribution in [3.8, 4) is 0 Å². The van der Waals surface area contributed by atoms with Gasteiger partial charge in [-0.25, -0.2) is 4.98 Å². The second-order valence-electron chi connectivity index (χ2n) is 5.97. The maximum Gasteiger partial charge on any atom is 0.293 e. The van der Waals surface area contributed by atoms with Gasteiger partial charge in [0.2, 0.25) is 0 Å². The van der Waals surface area contributed by atoms with Crippen LogP contribution in [-0.4, -0.2) is 41.4 Å². The predicted molar refractivity (Wildman–Crippen MR) is 75.6 cm³/mol. The largest absolute Gasteiger partial charge is 0.376 e. The molecule has 0 aliphatic carbocycles. The molecule has 109 valence electrons. The summed E-state index contributed by atoms with van der Waals surface area (Å²) >= 11 is 0. The van der Waals surface area contributed by atoms with Crippen LogP contribution >= 0.6 is 0 Å². The van der Waals surface area contributed by atoms with Crippen LogP contribution in [0, 0.1) is 11.6 Å². The van der Waals surface area contributed by atoms with Crippen LogP contribution in [0.15, 0.2) is 11.0 Å². The lowest BCUT2D eigenvalue weighted by Crippen LogP contribution is -2.51. The fraction of sp³-hybridized carbons (Fsp3) is 0.714. The van der Waals surface area contributed by atoms with Gasteiger partial charge in [0.05, 0.1) is 25.1 Å². The summed E-state index contributed by atoms with van der Waals surface area (Å²) < 4.78 is 7.16. The van der Waals surface area contributed by atoms with Crippen molar-refractivity contribution in [3.63, 3.8) is 0 Å². The lowest BCUT2D eigenvalue weighted by molar-refractivity contribution is 0.0974. The molecule has 3 rings (SSSR count). The minimum atomic E-state index is -0.0937. The Morgan fingerprint density at radius 1 is 1.50 bits per heavy atom. The van der Waals surface area contributed by atoms with Crippen molar-refractivity contribution in [1.82, 2.24) is 9.55 Å². The molecular weight excluding hydrogens is 256 g/mol. The summed E-state index contributed by atoms with van der Waals surface area (Å²) in [5.74, 6) is 0.515. The first kappa shape index (κ1) is 13.6. The highest BCUT2D eigenvalue weighted by atomic mass is 16.5. The van der Waals surface area contributed by atoms with Crippen molar-refractivity contribution >= 4 is 5.82 Å². The van der Waals surface area contributed by atoms with Gasteiger partial charge >= 0.3 is 0 Å². The van der Waals surface area contributed by atoms with Crippen LogP contribution in [0.1, 0.15) is 19.8 Å². The quantitative estimate of drug-likeness (QED) is 0.777. The van der Waals surface area contributed by atoms with E-state index in [1.54, 1.807) is 13.2 Å². The number of ether oxygens (including phenoxy) is 1. The SMILES string of the molecule is C[C@@H]1OCC2(CCN(c3nc[c]n(C)c3=O)CC2)[C@@H]1N. The van der Waals surface area contributed by atoms with Crippen molar-refractivity contribution in [3.05, 3.63) is 22.7 Å².